The van der Waals surface area contributed by atoms with E-state index in [1.165, 1.54) is 71.3 Å². The molecule has 0 spiro atoms. The predicted octanol–water partition coefficient (Wildman–Crippen LogP) is 14.3. The summed E-state index contributed by atoms with van der Waals surface area (Å²) in [5, 5.41) is 7.73. The maximum atomic E-state index is 5.03. The molecule has 0 N–H and O–H groups in total. The first kappa shape index (κ1) is 35.0. The van der Waals surface area contributed by atoms with E-state index in [-0.39, 0.29) is 0 Å². The number of aromatic nitrogens is 3. The number of rotatable bonds is 5. The highest BCUT2D eigenvalue weighted by Crippen LogP contribution is 2.45. The van der Waals surface area contributed by atoms with Gasteiger partial charge in [0, 0.05) is 22.3 Å². The van der Waals surface area contributed by atoms with Gasteiger partial charge in [0.2, 0.25) is 0 Å². The molecule has 0 radical (unpaired) electrons. The van der Waals surface area contributed by atoms with Gasteiger partial charge in [0.1, 0.15) is 0 Å². The molecule has 0 saturated carbocycles. The van der Waals surface area contributed by atoms with Gasteiger partial charge in [0.15, 0.2) is 17.5 Å². The maximum Gasteiger partial charge on any atom is 0.164 e. The van der Waals surface area contributed by atoms with E-state index in [0.29, 0.717) is 17.5 Å². The Kier molecular flexibility index (Phi) is 8.81. The summed E-state index contributed by atoms with van der Waals surface area (Å²) in [7, 11) is 0. The van der Waals surface area contributed by atoms with Crippen LogP contribution in [0.1, 0.15) is 37.7 Å². The lowest BCUT2D eigenvalue weighted by Gasteiger charge is -2.14. The summed E-state index contributed by atoms with van der Waals surface area (Å²) in [6.45, 7) is 6.01. The molecule has 11 rings (SSSR count). The Morgan fingerprint density at radius 2 is 1.02 bits per heavy atom. The van der Waals surface area contributed by atoms with Crippen molar-refractivity contribution in [2.24, 2.45) is 0 Å². The van der Waals surface area contributed by atoms with Crippen LogP contribution in [0.25, 0.3) is 94.0 Å². The molecule has 58 heavy (non-hydrogen) atoms. The first-order chi connectivity index (χ1) is 28.6. The van der Waals surface area contributed by atoms with Crippen LogP contribution >= 0.6 is 0 Å². The van der Waals surface area contributed by atoms with Crippen molar-refractivity contribution in [3.05, 3.63) is 204 Å². The SMILES string of the molecule is CC.CC1=C=C=CC(c2nc(-c3ccccc3)nc(-c3cccc(-c4cccc5c4-c4cc(-c6ccc7c8ccccc8c8ccccc8c7c6)ccc4C5)c3)n2)=C1. The molecule has 1 heterocycles. The fraction of sp³-hybridized carbons (Fsp3) is 0.0727. The molecule has 0 aliphatic heterocycles. The van der Waals surface area contributed by atoms with Gasteiger partial charge in [-0.25, -0.2) is 15.0 Å². The summed E-state index contributed by atoms with van der Waals surface area (Å²) in [6, 6.07) is 57.0. The van der Waals surface area contributed by atoms with Crippen molar-refractivity contribution in [1.82, 2.24) is 15.0 Å². The average molecular weight is 742 g/mol. The Bertz CT molecular complexity index is 3210. The smallest absolute Gasteiger partial charge is 0.164 e. The van der Waals surface area contributed by atoms with E-state index in [0.717, 1.165) is 34.3 Å². The van der Waals surface area contributed by atoms with E-state index >= 15 is 0 Å². The molecule has 0 amide bonds. The second-order valence-corrected chi connectivity index (χ2v) is 14.7. The third-order valence-electron chi connectivity index (χ3n) is 11.2. The molecule has 1 aromatic heterocycles. The lowest BCUT2D eigenvalue weighted by molar-refractivity contribution is 1.04. The van der Waals surface area contributed by atoms with Crippen LogP contribution in [0, 0.1) is 0 Å². The molecule has 0 fully saturated rings. The van der Waals surface area contributed by atoms with Crippen LogP contribution in [-0.2, 0) is 6.42 Å². The number of hydrogen-bond donors (Lipinski definition) is 0. The van der Waals surface area contributed by atoms with Crippen molar-refractivity contribution in [3.8, 4) is 56.2 Å². The zero-order valence-corrected chi connectivity index (χ0v) is 32.7. The fourth-order valence-corrected chi connectivity index (χ4v) is 8.59. The van der Waals surface area contributed by atoms with Crippen LogP contribution in [-0.4, -0.2) is 15.0 Å². The lowest BCUT2D eigenvalue weighted by Crippen LogP contribution is -2.02. The van der Waals surface area contributed by atoms with E-state index in [4.69, 9.17) is 15.0 Å². The third kappa shape index (κ3) is 6.08. The highest BCUT2D eigenvalue weighted by atomic mass is 15.0. The Morgan fingerprint density at radius 3 is 1.76 bits per heavy atom. The molecule has 3 nitrogen and oxygen atoms in total. The minimum Gasteiger partial charge on any atom is -0.208 e. The van der Waals surface area contributed by atoms with Crippen molar-refractivity contribution in [2.45, 2.75) is 27.2 Å². The van der Waals surface area contributed by atoms with E-state index in [9.17, 15) is 0 Å². The molecule has 274 valence electrons. The summed E-state index contributed by atoms with van der Waals surface area (Å²) in [4.78, 5) is 15.0. The van der Waals surface area contributed by atoms with Gasteiger partial charge in [-0.05, 0) is 121 Å². The van der Waals surface area contributed by atoms with E-state index < -0.39 is 0 Å². The normalized spacial score (nSPS) is 12.5. The molecule has 0 saturated heterocycles. The largest absolute Gasteiger partial charge is 0.208 e. The summed E-state index contributed by atoms with van der Waals surface area (Å²) < 4.78 is 0. The Balaban J connectivity index is 0.00000201. The van der Waals surface area contributed by atoms with Gasteiger partial charge in [0.05, 0.1) is 0 Å². The quantitative estimate of drug-likeness (QED) is 0.130. The molecule has 2 aliphatic rings. The number of benzene rings is 8. The Labute approximate surface area is 338 Å². The van der Waals surface area contributed by atoms with Crippen LogP contribution in [0.4, 0.5) is 0 Å². The summed E-state index contributed by atoms with van der Waals surface area (Å²) in [5.41, 5.74) is 20.1. The molecule has 9 aromatic rings. The molecular weight excluding hydrogens is 703 g/mol. The standard InChI is InChI=1S/C53H33N3.C2H6/c1-33-12-9-17-40(28-33)52-54-51(34-13-3-2-4-14-34)55-53(56-52)41-18-10-15-37(30-41)42-23-11-16-39-29-38-25-24-35(31-48(38)50(39)42)36-26-27-47-45-21-6-5-19-43(45)44-20-7-8-22-46(44)49(47)32-36;1-2/h2-8,10-11,13-28,30-32H,29H2,1H3;1-2H3. The highest BCUT2D eigenvalue weighted by Gasteiger charge is 2.23. The number of nitrogens with zero attached hydrogens (tertiary/aromatic N) is 3. The number of fused-ring (bicyclic) bond motifs is 9. The van der Waals surface area contributed by atoms with Gasteiger partial charge < -0.3 is 0 Å². The third-order valence-corrected chi connectivity index (χ3v) is 11.2. The predicted molar refractivity (Wildman–Crippen MR) is 242 cm³/mol. The van der Waals surface area contributed by atoms with Crippen molar-refractivity contribution in [3.63, 3.8) is 0 Å². The van der Waals surface area contributed by atoms with Gasteiger partial charge >= 0.3 is 0 Å². The second kappa shape index (κ2) is 14.6. The molecule has 0 bridgehead atoms. The van der Waals surface area contributed by atoms with Gasteiger partial charge in [0.25, 0.3) is 0 Å². The second-order valence-electron chi connectivity index (χ2n) is 14.7. The molecule has 0 unspecified atom stereocenters. The fourth-order valence-electron chi connectivity index (χ4n) is 8.59. The van der Waals surface area contributed by atoms with Crippen molar-refractivity contribution in [2.75, 3.05) is 0 Å². The lowest BCUT2D eigenvalue weighted by atomic mass is 9.90. The van der Waals surface area contributed by atoms with E-state index in [1.54, 1.807) is 0 Å². The summed E-state index contributed by atoms with van der Waals surface area (Å²) in [5.74, 6) is 1.89. The number of hydrogen-bond acceptors (Lipinski definition) is 3. The Hall–Kier alpha value is -7.41. The van der Waals surface area contributed by atoms with Crippen LogP contribution in [0.15, 0.2) is 187 Å². The molecule has 0 atom stereocenters. The maximum absolute atomic E-state index is 5.03. The first-order valence-electron chi connectivity index (χ1n) is 20.1. The van der Waals surface area contributed by atoms with Crippen molar-refractivity contribution in [1.29, 1.82) is 0 Å². The van der Waals surface area contributed by atoms with E-state index in [1.807, 2.05) is 63.3 Å². The molecule has 2 aliphatic carbocycles. The first-order valence-corrected chi connectivity index (χ1v) is 20.1. The Morgan fingerprint density at radius 1 is 0.431 bits per heavy atom. The summed E-state index contributed by atoms with van der Waals surface area (Å²) in [6.07, 6.45) is 4.84. The van der Waals surface area contributed by atoms with E-state index in [2.05, 4.69) is 139 Å². The molecule has 8 aromatic carbocycles. The molecule has 3 heteroatoms. The van der Waals surface area contributed by atoms with Crippen LogP contribution in [0.5, 0.6) is 0 Å². The van der Waals surface area contributed by atoms with Gasteiger partial charge in [-0.1, -0.05) is 165 Å². The monoisotopic (exact) mass is 741 g/mol. The number of allylic oxidation sites excluding steroid dienone is 4. The van der Waals surface area contributed by atoms with Gasteiger partial charge in [-0.15, -0.1) is 0 Å². The average Bonchev–Trinajstić information content (AvgIpc) is 3.68. The highest BCUT2D eigenvalue weighted by molar-refractivity contribution is 6.25. The summed E-state index contributed by atoms with van der Waals surface area (Å²) >= 11 is 0. The molecular formula is C55H39N3. The minimum absolute atomic E-state index is 0.615. The minimum atomic E-state index is 0.615. The van der Waals surface area contributed by atoms with Crippen LogP contribution in [0.3, 0.4) is 0 Å². The zero-order chi connectivity index (χ0) is 39.2. The van der Waals surface area contributed by atoms with Gasteiger partial charge in [-0.2, -0.15) is 0 Å². The van der Waals surface area contributed by atoms with Crippen molar-refractivity contribution < 1.29 is 0 Å². The van der Waals surface area contributed by atoms with Crippen LogP contribution < -0.4 is 0 Å². The topological polar surface area (TPSA) is 38.7 Å². The van der Waals surface area contributed by atoms with Gasteiger partial charge in [-0.3, -0.25) is 0 Å². The van der Waals surface area contributed by atoms with Crippen LogP contribution in [0.2, 0.25) is 0 Å². The van der Waals surface area contributed by atoms with Crippen molar-refractivity contribution >= 4 is 37.9 Å². The zero-order valence-electron chi connectivity index (χ0n) is 32.7.